The fourth-order valence-corrected chi connectivity index (χ4v) is 5.24. The minimum Gasteiger partial charge on any atom is -0.241 e. The average Bonchev–Trinajstić information content (AvgIpc) is 3.09. The van der Waals surface area contributed by atoms with Crippen LogP contribution in [-0.2, 0) is 10.0 Å². The molecule has 146 valence electrons. The first-order chi connectivity index (χ1) is 13.9. The molecule has 0 atom stereocenters. The molecule has 3 nitrogen and oxygen atoms in total. The molecule has 0 fully saturated rings. The number of aromatic nitrogens is 1. The lowest BCUT2D eigenvalue weighted by molar-refractivity contribution is 0.589. The van der Waals surface area contributed by atoms with Gasteiger partial charge in [-0.3, -0.25) is 0 Å². The van der Waals surface area contributed by atoms with Crippen LogP contribution in [0.15, 0.2) is 87.3 Å². The molecule has 0 aliphatic heterocycles. The van der Waals surface area contributed by atoms with E-state index in [1.807, 2.05) is 73.7 Å². The van der Waals surface area contributed by atoms with Crippen molar-refractivity contribution in [3.63, 3.8) is 0 Å². The van der Waals surface area contributed by atoms with Crippen LogP contribution in [0, 0.1) is 6.92 Å². The average molecular weight is 531 g/mol. The van der Waals surface area contributed by atoms with Crippen molar-refractivity contribution in [3.05, 3.63) is 93.5 Å². The second-order valence-electron chi connectivity index (χ2n) is 6.70. The second kappa shape index (κ2) is 7.94. The Kier molecular flexibility index (Phi) is 5.51. The number of hydrogen-bond acceptors (Lipinski definition) is 2. The molecule has 0 amide bonds. The number of benzene rings is 3. The van der Waals surface area contributed by atoms with Crippen LogP contribution >= 0.6 is 31.9 Å². The first-order valence-corrected chi connectivity index (χ1v) is 11.9. The van der Waals surface area contributed by atoms with E-state index in [9.17, 15) is 8.42 Å². The summed E-state index contributed by atoms with van der Waals surface area (Å²) < 4.78 is 29.0. The van der Waals surface area contributed by atoms with E-state index in [1.54, 1.807) is 18.3 Å². The van der Waals surface area contributed by atoms with Gasteiger partial charge < -0.3 is 0 Å². The van der Waals surface area contributed by atoms with E-state index in [-0.39, 0.29) is 4.90 Å². The first-order valence-electron chi connectivity index (χ1n) is 8.92. The standard InChI is InChI=1S/C23H17Br2NO2S/c1-16-10-12-18(13-11-16)29(27,28)26-15-21(20-8-4-5-9-22(20)26)19-7-3-2-6-17(19)14-23(24)25/h2-15H,1H3. The number of nitrogens with zero attached hydrogens (tertiary/aromatic N) is 1. The van der Waals surface area contributed by atoms with Gasteiger partial charge in [0.15, 0.2) is 0 Å². The van der Waals surface area contributed by atoms with Crippen LogP contribution < -0.4 is 0 Å². The number of rotatable bonds is 4. The quantitative estimate of drug-likeness (QED) is 0.286. The predicted molar refractivity (Wildman–Crippen MR) is 127 cm³/mol. The summed E-state index contributed by atoms with van der Waals surface area (Å²) in [4.78, 5) is 0.270. The monoisotopic (exact) mass is 529 g/mol. The van der Waals surface area contributed by atoms with Crippen LogP contribution in [0.1, 0.15) is 11.1 Å². The smallest absolute Gasteiger partial charge is 0.241 e. The fourth-order valence-electron chi connectivity index (χ4n) is 3.37. The number of halogens is 2. The minimum atomic E-state index is -3.72. The highest BCUT2D eigenvalue weighted by Gasteiger charge is 2.22. The molecular formula is C23H17Br2NO2S. The van der Waals surface area contributed by atoms with Gasteiger partial charge in [-0.05, 0) is 74.2 Å². The molecule has 0 saturated carbocycles. The summed E-state index contributed by atoms with van der Waals surface area (Å²) in [6.07, 6.45) is 3.67. The lowest BCUT2D eigenvalue weighted by Crippen LogP contribution is -2.11. The molecule has 1 heterocycles. The van der Waals surface area contributed by atoms with Crippen LogP contribution in [-0.4, -0.2) is 12.4 Å². The molecule has 0 spiro atoms. The highest BCUT2D eigenvalue weighted by Crippen LogP contribution is 2.36. The highest BCUT2D eigenvalue weighted by atomic mass is 79.9. The lowest BCUT2D eigenvalue weighted by atomic mass is 9.99. The van der Waals surface area contributed by atoms with Gasteiger partial charge in [0.25, 0.3) is 10.0 Å². The van der Waals surface area contributed by atoms with Crippen molar-refractivity contribution < 1.29 is 8.42 Å². The van der Waals surface area contributed by atoms with Gasteiger partial charge in [-0.1, -0.05) is 60.2 Å². The maximum absolute atomic E-state index is 13.4. The van der Waals surface area contributed by atoms with Gasteiger partial charge in [0.05, 0.1) is 13.8 Å². The Morgan fingerprint density at radius 3 is 2.24 bits per heavy atom. The van der Waals surface area contributed by atoms with E-state index < -0.39 is 10.0 Å². The normalized spacial score (nSPS) is 11.6. The van der Waals surface area contributed by atoms with Gasteiger partial charge in [0, 0.05) is 17.1 Å². The summed E-state index contributed by atoms with van der Waals surface area (Å²) in [6.45, 7) is 1.94. The molecule has 3 aromatic carbocycles. The number of aryl methyl sites for hydroxylation is 1. The molecule has 0 unspecified atom stereocenters. The van der Waals surface area contributed by atoms with Gasteiger partial charge >= 0.3 is 0 Å². The topological polar surface area (TPSA) is 39.1 Å². The van der Waals surface area contributed by atoms with Crippen LogP contribution in [0.4, 0.5) is 0 Å². The summed E-state index contributed by atoms with van der Waals surface area (Å²) in [5.41, 5.74) is 4.47. The number of para-hydroxylation sites is 1. The van der Waals surface area contributed by atoms with Gasteiger partial charge in [0.2, 0.25) is 0 Å². The summed E-state index contributed by atoms with van der Waals surface area (Å²) in [5, 5.41) is 0.884. The molecule has 0 radical (unpaired) electrons. The van der Waals surface area contributed by atoms with E-state index in [4.69, 9.17) is 0 Å². The SMILES string of the molecule is Cc1ccc(S(=O)(=O)n2cc(-c3ccccc3C=C(Br)Br)c3ccccc32)cc1. The second-order valence-corrected chi connectivity index (χ2v) is 11.3. The maximum Gasteiger partial charge on any atom is 0.268 e. The molecule has 0 saturated heterocycles. The van der Waals surface area contributed by atoms with Gasteiger partial charge in [0.1, 0.15) is 0 Å². The van der Waals surface area contributed by atoms with Crippen LogP contribution in [0.3, 0.4) is 0 Å². The fraction of sp³-hybridized carbons (Fsp3) is 0.0435. The zero-order valence-corrected chi connectivity index (χ0v) is 19.5. The minimum absolute atomic E-state index is 0.270. The molecule has 6 heteroatoms. The molecule has 0 aliphatic carbocycles. The van der Waals surface area contributed by atoms with Crippen molar-refractivity contribution in [1.29, 1.82) is 0 Å². The summed E-state index contributed by atoms with van der Waals surface area (Å²) in [7, 11) is -3.72. The van der Waals surface area contributed by atoms with Gasteiger partial charge in [-0.2, -0.15) is 0 Å². The van der Waals surface area contributed by atoms with Gasteiger partial charge in [-0.15, -0.1) is 0 Å². The Morgan fingerprint density at radius 1 is 0.862 bits per heavy atom. The largest absolute Gasteiger partial charge is 0.268 e. The van der Waals surface area contributed by atoms with Crippen molar-refractivity contribution in [1.82, 2.24) is 3.97 Å². The third-order valence-corrected chi connectivity index (χ3v) is 6.92. The number of fused-ring (bicyclic) bond motifs is 1. The Hall–Kier alpha value is -2.15. The summed E-state index contributed by atoms with van der Waals surface area (Å²) >= 11 is 6.84. The molecule has 0 aliphatic rings. The Balaban J connectivity index is 1.99. The van der Waals surface area contributed by atoms with Crippen molar-refractivity contribution in [3.8, 4) is 11.1 Å². The zero-order valence-electron chi connectivity index (χ0n) is 15.5. The summed E-state index contributed by atoms with van der Waals surface area (Å²) in [5.74, 6) is 0. The molecule has 29 heavy (non-hydrogen) atoms. The third kappa shape index (κ3) is 3.84. The molecule has 0 N–H and O–H groups in total. The van der Waals surface area contributed by atoms with E-state index in [2.05, 4.69) is 31.9 Å². The molecule has 1 aromatic heterocycles. The predicted octanol–water partition coefficient (Wildman–Crippen LogP) is 6.94. The van der Waals surface area contributed by atoms with E-state index in [1.165, 1.54) is 3.97 Å². The van der Waals surface area contributed by atoms with Crippen LogP contribution in [0.25, 0.3) is 28.1 Å². The summed E-state index contributed by atoms with van der Waals surface area (Å²) in [6, 6.07) is 22.4. The van der Waals surface area contributed by atoms with Crippen molar-refractivity contribution in [2.45, 2.75) is 11.8 Å². The lowest BCUT2D eigenvalue weighted by Gasteiger charge is -2.08. The third-order valence-electron chi connectivity index (χ3n) is 4.77. The van der Waals surface area contributed by atoms with Crippen LogP contribution in [0.2, 0.25) is 0 Å². The highest BCUT2D eigenvalue weighted by molar-refractivity contribution is 9.28. The Labute approximate surface area is 187 Å². The van der Waals surface area contributed by atoms with E-state index >= 15 is 0 Å². The van der Waals surface area contributed by atoms with Crippen LogP contribution in [0.5, 0.6) is 0 Å². The van der Waals surface area contributed by atoms with Crippen molar-refractivity contribution in [2.24, 2.45) is 0 Å². The molecular weight excluding hydrogens is 514 g/mol. The molecule has 4 rings (SSSR count). The van der Waals surface area contributed by atoms with E-state index in [0.29, 0.717) is 5.52 Å². The number of hydrogen-bond donors (Lipinski definition) is 0. The van der Waals surface area contributed by atoms with Crippen molar-refractivity contribution in [2.75, 3.05) is 0 Å². The Morgan fingerprint density at radius 2 is 1.52 bits per heavy atom. The van der Waals surface area contributed by atoms with E-state index in [0.717, 1.165) is 31.0 Å². The zero-order chi connectivity index (χ0) is 20.6. The molecule has 4 aromatic rings. The van der Waals surface area contributed by atoms with Gasteiger partial charge in [-0.25, -0.2) is 12.4 Å². The maximum atomic E-state index is 13.4. The van der Waals surface area contributed by atoms with Crippen molar-refractivity contribution >= 4 is 58.9 Å². The Bertz CT molecular complexity index is 1330. The molecule has 0 bridgehead atoms. The first kappa shape index (κ1) is 20.1.